The number of thioether (sulfide) groups is 1. The number of nitrogens with zero attached hydrogens (tertiary/aromatic N) is 1. The van der Waals surface area contributed by atoms with E-state index in [4.69, 9.17) is 5.73 Å². The van der Waals surface area contributed by atoms with E-state index < -0.39 is 0 Å². The Hall–Kier alpha value is -0.670. The number of fused-ring (bicyclic) bond motifs is 1. The quantitative estimate of drug-likeness (QED) is 0.855. The Labute approximate surface area is 102 Å². The first-order valence-electron chi connectivity index (χ1n) is 5.83. The van der Waals surface area contributed by atoms with Gasteiger partial charge in [0.1, 0.15) is 0 Å². The van der Waals surface area contributed by atoms with Gasteiger partial charge in [0.2, 0.25) is 0 Å². The second-order valence-corrected chi connectivity index (χ2v) is 5.75. The Kier molecular flexibility index (Phi) is 3.45. The maximum absolute atomic E-state index is 5.92. The van der Waals surface area contributed by atoms with Crippen molar-refractivity contribution in [3.63, 3.8) is 0 Å². The highest BCUT2D eigenvalue weighted by molar-refractivity contribution is 7.99. The van der Waals surface area contributed by atoms with Crippen molar-refractivity contribution in [1.29, 1.82) is 0 Å². The number of nitrogens with two attached hydrogens (primary N) is 1. The highest BCUT2D eigenvalue weighted by Gasteiger charge is 2.21. The van der Waals surface area contributed by atoms with Gasteiger partial charge in [0, 0.05) is 29.8 Å². The lowest BCUT2D eigenvalue weighted by Crippen LogP contribution is -2.39. The summed E-state index contributed by atoms with van der Waals surface area (Å²) in [4.78, 5) is 3.89. The third-order valence-electron chi connectivity index (χ3n) is 2.96. The molecule has 88 valence electrons. The molecule has 0 aromatic heterocycles. The van der Waals surface area contributed by atoms with Gasteiger partial charge in [-0.3, -0.25) is 0 Å². The van der Waals surface area contributed by atoms with Crippen molar-refractivity contribution >= 4 is 17.4 Å². The molecule has 0 aliphatic carbocycles. The number of hydrogen-bond donors (Lipinski definition) is 1. The van der Waals surface area contributed by atoms with Gasteiger partial charge in [-0.15, -0.1) is 11.8 Å². The fourth-order valence-electron chi connectivity index (χ4n) is 2.25. The summed E-state index contributed by atoms with van der Waals surface area (Å²) >= 11 is 1.98. The molecule has 2 nitrogen and oxygen atoms in total. The van der Waals surface area contributed by atoms with E-state index in [-0.39, 0.29) is 6.04 Å². The highest BCUT2D eigenvalue weighted by Crippen LogP contribution is 2.39. The smallest absolute Gasteiger partial charge is 0.0537 e. The molecular weight excluding hydrogens is 216 g/mol. The Bertz CT molecular complexity index is 388. The Morgan fingerprint density at radius 2 is 2.06 bits per heavy atom. The van der Waals surface area contributed by atoms with Crippen LogP contribution in [-0.2, 0) is 0 Å². The van der Waals surface area contributed by atoms with Crippen LogP contribution < -0.4 is 10.6 Å². The summed E-state index contributed by atoms with van der Waals surface area (Å²) < 4.78 is 0. The number of rotatable bonds is 2. The molecule has 0 saturated heterocycles. The predicted molar refractivity (Wildman–Crippen MR) is 72.5 cm³/mol. The molecule has 1 unspecified atom stereocenters. The van der Waals surface area contributed by atoms with Crippen LogP contribution in [0.3, 0.4) is 0 Å². The van der Waals surface area contributed by atoms with Gasteiger partial charge in [-0.1, -0.05) is 12.1 Å². The van der Waals surface area contributed by atoms with Gasteiger partial charge in [-0.25, -0.2) is 0 Å². The fraction of sp³-hybridized carbons (Fsp3) is 0.538. The molecule has 16 heavy (non-hydrogen) atoms. The van der Waals surface area contributed by atoms with Crippen molar-refractivity contribution in [3.05, 3.63) is 23.3 Å². The third kappa shape index (κ3) is 2.20. The normalized spacial score (nSPS) is 17.1. The highest BCUT2D eigenvalue weighted by atomic mass is 32.2. The second-order valence-electron chi connectivity index (χ2n) is 4.65. The topological polar surface area (TPSA) is 29.3 Å². The van der Waals surface area contributed by atoms with Crippen LogP contribution in [0.4, 0.5) is 5.69 Å². The second kappa shape index (κ2) is 4.68. The van der Waals surface area contributed by atoms with E-state index >= 15 is 0 Å². The maximum atomic E-state index is 5.92. The zero-order valence-corrected chi connectivity index (χ0v) is 11.1. The average Bonchev–Trinajstić information content (AvgIpc) is 2.23. The Morgan fingerprint density at radius 1 is 1.38 bits per heavy atom. The molecule has 0 radical (unpaired) electrons. The number of benzene rings is 1. The lowest BCUT2D eigenvalue weighted by molar-refractivity contribution is 0.682. The first-order valence-corrected chi connectivity index (χ1v) is 6.81. The third-order valence-corrected chi connectivity index (χ3v) is 4.15. The van der Waals surface area contributed by atoms with E-state index in [9.17, 15) is 0 Å². The van der Waals surface area contributed by atoms with Gasteiger partial charge in [0.05, 0.1) is 5.69 Å². The minimum atomic E-state index is 0.232. The molecule has 0 spiro atoms. The molecule has 0 saturated carbocycles. The molecule has 1 aliphatic rings. The van der Waals surface area contributed by atoms with Crippen LogP contribution in [0.25, 0.3) is 0 Å². The van der Waals surface area contributed by atoms with Crippen LogP contribution >= 0.6 is 11.8 Å². The zero-order valence-electron chi connectivity index (χ0n) is 10.3. The largest absolute Gasteiger partial charge is 0.368 e. The van der Waals surface area contributed by atoms with E-state index in [0.29, 0.717) is 0 Å². The molecule has 0 fully saturated rings. The first-order chi connectivity index (χ1) is 7.59. The lowest BCUT2D eigenvalue weighted by Gasteiger charge is -2.34. The molecule has 1 aromatic carbocycles. The molecular formula is C13H20N2S. The molecule has 1 heterocycles. The molecule has 3 heteroatoms. The SMILES string of the molecule is Cc1ccc(C)c2c1SCCN2CC(C)N. The molecule has 1 aromatic rings. The van der Waals surface area contributed by atoms with Gasteiger partial charge < -0.3 is 10.6 Å². The Morgan fingerprint density at radius 3 is 2.75 bits per heavy atom. The lowest BCUT2D eigenvalue weighted by atomic mass is 10.1. The van der Waals surface area contributed by atoms with Crippen molar-refractivity contribution in [2.45, 2.75) is 31.7 Å². The average molecular weight is 236 g/mol. The van der Waals surface area contributed by atoms with Crippen molar-refractivity contribution in [2.75, 3.05) is 23.7 Å². The van der Waals surface area contributed by atoms with E-state index in [1.807, 2.05) is 11.8 Å². The van der Waals surface area contributed by atoms with Crippen LogP contribution in [0, 0.1) is 13.8 Å². The summed E-state index contributed by atoms with van der Waals surface area (Å²) in [6, 6.07) is 4.67. The monoisotopic (exact) mass is 236 g/mol. The summed E-state index contributed by atoms with van der Waals surface area (Å²) in [6.45, 7) is 8.53. The molecule has 1 atom stereocenters. The van der Waals surface area contributed by atoms with Crippen LogP contribution in [0.5, 0.6) is 0 Å². The molecule has 1 aliphatic heterocycles. The van der Waals surface area contributed by atoms with Gasteiger partial charge in [-0.2, -0.15) is 0 Å². The van der Waals surface area contributed by atoms with E-state index in [0.717, 1.165) is 13.1 Å². The van der Waals surface area contributed by atoms with Crippen LogP contribution in [0.2, 0.25) is 0 Å². The van der Waals surface area contributed by atoms with E-state index in [2.05, 4.69) is 37.8 Å². The van der Waals surface area contributed by atoms with Crippen LogP contribution in [0.1, 0.15) is 18.1 Å². The fourth-order valence-corrected chi connectivity index (χ4v) is 3.48. The standard InChI is InChI=1S/C13H20N2S/c1-9-4-5-10(2)13-12(9)15(6-7-16-13)8-11(3)14/h4-5,11H,6-8,14H2,1-3H3. The molecule has 2 rings (SSSR count). The van der Waals surface area contributed by atoms with Crippen LogP contribution in [-0.4, -0.2) is 24.9 Å². The maximum Gasteiger partial charge on any atom is 0.0537 e. The molecule has 0 amide bonds. The van der Waals surface area contributed by atoms with Gasteiger partial charge in [0.15, 0.2) is 0 Å². The number of anilines is 1. The van der Waals surface area contributed by atoms with E-state index in [1.54, 1.807) is 0 Å². The van der Waals surface area contributed by atoms with Crippen molar-refractivity contribution in [3.8, 4) is 0 Å². The first kappa shape index (κ1) is 11.8. The van der Waals surface area contributed by atoms with Gasteiger partial charge in [0.25, 0.3) is 0 Å². The summed E-state index contributed by atoms with van der Waals surface area (Å²) in [5, 5.41) is 0. The predicted octanol–water partition coefficient (Wildman–Crippen LogP) is 2.56. The summed E-state index contributed by atoms with van der Waals surface area (Å²) in [5.74, 6) is 1.17. The summed E-state index contributed by atoms with van der Waals surface area (Å²) in [6.07, 6.45) is 0. The van der Waals surface area contributed by atoms with Gasteiger partial charge in [-0.05, 0) is 31.9 Å². The Balaban J connectivity index is 2.40. The van der Waals surface area contributed by atoms with Crippen molar-refractivity contribution < 1.29 is 0 Å². The minimum Gasteiger partial charge on any atom is -0.368 e. The number of hydrogen-bond acceptors (Lipinski definition) is 3. The summed E-state index contributed by atoms with van der Waals surface area (Å²) in [7, 11) is 0. The zero-order chi connectivity index (χ0) is 11.7. The molecule has 0 bridgehead atoms. The summed E-state index contributed by atoms with van der Waals surface area (Å²) in [5.41, 5.74) is 10.1. The van der Waals surface area contributed by atoms with Crippen molar-refractivity contribution in [1.82, 2.24) is 0 Å². The van der Waals surface area contributed by atoms with Crippen LogP contribution in [0.15, 0.2) is 17.0 Å². The van der Waals surface area contributed by atoms with Gasteiger partial charge >= 0.3 is 0 Å². The van der Waals surface area contributed by atoms with Crippen molar-refractivity contribution in [2.24, 2.45) is 5.73 Å². The molecule has 2 N–H and O–H groups in total. The van der Waals surface area contributed by atoms with E-state index in [1.165, 1.54) is 27.5 Å². The number of aryl methyl sites for hydroxylation is 2. The minimum absolute atomic E-state index is 0.232.